The molecule has 2 aromatic rings. The highest BCUT2D eigenvalue weighted by Crippen LogP contribution is 2.24. The van der Waals surface area contributed by atoms with Crippen molar-refractivity contribution in [2.45, 2.75) is 39.3 Å². The van der Waals surface area contributed by atoms with Crippen LogP contribution in [0.15, 0.2) is 42.5 Å². The Hall–Kier alpha value is -2.11. The quantitative estimate of drug-likeness (QED) is 0.671. The van der Waals surface area contributed by atoms with E-state index in [1.807, 2.05) is 6.92 Å². The Morgan fingerprint density at radius 1 is 1.07 bits per heavy atom. The molecule has 0 bridgehead atoms. The molecule has 0 aromatic heterocycles. The maximum atomic E-state index is 13.1. The van der Waals surface area contributed by atoms with Crippen molar-refractivity contribution >= 4 is 35.0 Å². The lowest BCUT2D eigenvalue weighted by Gasteiger charge is -2.29. The van der Waals surface area contributed by atoms with Crippen LogP contribution >= 0.6 is 23.2 Å². The fourth-order valence-corrected chi connectivity index (χ4v) is 3.01. The number of nitrogens with zero attached hydrogens (tertiary/aromatic N) is 1. The molecule has 150 valence electrons. The molecule has 2 amide bonds. The van der Waals surface area contributed by atoms with Crippen LogP contribution in [-0.4, -0.2) is 29.3 Å². The highest BCUT2D eigenvalue weighted by atomic mass is 35.5. The normalized spacial score (nSPS) is 11.8. The first-order chi connectivity index (χ1) is 13.3. The predicted octanol–water partition coefficient (Wildman–Crippen LogP) is 4.62. The highest BCUT2D eigenvalue weighted by Gasteiger charge is 2.26. The summed E-state index contributed by atoms with van der Waals surface area (Å²) < 4.78 is 13.1. The number of amides is 2. The lowest BCUT2D eigenvalue weighted by atomic mass is 10.1. The summed E-state index contributed by atoms with van der Waals surface area (Å²) >= 11 is 12.0. The van der Waals surface area contributed by atoms with Crippen molar-refractivity contribution in [3.05, 3.63) is 69.5 Å². The zero-order chi connectivity index (χ0) is 20.7. The maximum absolute atomic E-state index is 13.1. The van der Waals surface area contributed by atoms with E-state index in [1.165, 1.54) is 17.0 Å². The van der Waals surface area contributed by atoms with Gasteiger partial charge in [-0.05, 0) is 48.7 Å². The fraction of sp³-hybridized carbons (Fsp3) is 0.333. The zero-order valence-corrected chi connectivity index (χ0v) is 17.4. The Kier molecular flexibility index (Phi) is 8.27. The van der Waals surface area contributed by atoms with E-state index in [9.17, 15) is 14.0 Å². The Morgan fingerprint density at radius 3 is 2.32 bits per heavy atom. The van der Waals surface area contributed by atoms with Crippen LogP contribution in [0.25, 0.3) is 0 Å². The minimum atomic E-state index is -0.672. The van der Waals surface area contributed by atoms with Crippen molar-refractivity contribution in [3.63, 3.8) is 0 Å². The van der Waals surface area contributed by atoms with E-state index < -0.39 is 6.04 Å². The number of hydrogen-bond acceptors (Lipinski definition) is 2. The summed E-state index contributed by atoms with van der Waals surface area (Å²) in [6, 6.07) is 10.2. The van der Waals surface area contributed by atoms with Gasteiger partial charge in [0.1, 0.15) is 11.9 Å². The number of carbonyl (C=O) groups is 2. The smallest absolute Gasteiger partial charge is 0.242 e. The van der Waals surface area contributed by atoms with Gasteiger partial charge in [-0.3, -0.25) is 9.59 Å². The monoisotopic (exact) mass is 424 g/mol. The summed E-state index contributed by atoms with van der Waals surface area (Å²) in [5.41, 5.74) is 1.43. The van der Waals surface area contributed by atoms with E-state index in [0.717, 1.165) is 12.0 Å². The molecule has 0 saturated heterocycles. The molecule has 1 N–H and O–H groups in total. The predicted molar refractivity (Wildman–Crippen MR) is 110 cm³/mol. The third-order valence-electron chi connectivity index (χ3n) is 4.32. The van der Waals surface area contributed by atoms with E-state index in [-0.39, 0.29) is 30.6 Å². The van der Waals surface area contributed by atoms with E-state index in [2.05, 4.69) is 5.32 Å². The lowest BCUT2D eigenvalue weighted by molar-refractivity contribution is -0.140. The van der Waals surface area contributed by atoms with Crippen LogP contribution in [0.3, 0.4) is 0 Å². The molecule has 0 fully saturated rings. The van der Waals surface area contributed by atoms with Crippen molar-refractivity contribution < 1.29 is 14.0 Å². The topological polar surface area (TPSA) is 49.4 Å². The summed E-state index contributed by atoms with van der Waals surface area (Å²) in [6.07, 6.45) is 0.863. The van der Waals surface area contributed by atoms with Gasteiger partial charge in [0.15, 0.2) is 0 Å². The maximum Gasteiger partial charge on any atom is 0.242 e. The molecule has 2 aromatic carbocycles. The van der Waals surface area contributed by atoms with Crippen LogP contribution in [0.1, 0.15) is 31.4 Å². The van der Waals surface area contributed by atoms with Gasteiger partial charge in [0, 0.05) is 13.1 Å². The Balaban J connectivity index is 2.22. The first-order valence-corrected chi connectivity index (χ1v) is 9.83. The van der Waals surface area contributed by atoms with E-state index in [0.29, 0.717) is 22.2 Å². The zero-order valence-electron chi connectivity index (χ0n) is 15.8. The van der Waals surface area contributed by atoms with Gasteiger partial charge in [0.2, 0.25) is 11.8 Å². The van der Waals surface area contributed by atoms with Crippen molar-refractivity contribution in [2.24, 2.45) is 0 Å². The average molecular weight is 425 g/mol. The summed E-state index contributed by atoms with van der Waals surface area (Å²) in [6.45, 7) is 4.39. The molecule has 4 nitrogen and oxygen atoms in total. The summed E-state index contributed by atoms with van der Waals surface area (Å²) in [7, 11) is 0. The Labute approximate surface area is 174 Å². The molecule has 0 saturated carbocycles. The van der Waals surface area contributed by atoms with Gasteiger partial charge >= 0.3 is 0 Å². The van der Waals surface area contributed by atoms with Gasteiger partial charge in [-0.15, -0.1) is 0 Å². The van der Waals surface area contributed by atoms with Crippen molar-refractivity contribution in [1.29, 1.82) is 0 Å². The number of hydrogen-bond donors (Lipinski definition) is 1. The van der Waals surface area contributed by atoms with Crippen LogP contribution in [0.2, 0.25) is 10.0 Å². The SMILES string of the molecule is CCCNC(=O)[C@H](C)N(Cc1ccc(Cl)c(Cl)c1)C(=O)Cc1ccc(F)cc1. The van der Waals surface area contributed by atoms with Crippen LogP contribution in [0, 0.1) is 5.82 Å². The number of nitrogens with one attached hydrogen (secondary N) is 1. The third kappa shape index (κ3) is 6.21. The van der Waals surface area contributed by atoms with E-state index >= 15 is 0 Å². The molecule has 1 atom stereocenters. The summed E-state index contributed by atoms with van der Waals surface area (Å²) in [5.74, 6) is -0.831. The third-order valence-corrected chi connectivity index (χ3v) is 5.06. The van der Waals surface area contributed by atoms with E-state index in [4.69, 9.17) is 23.2 Å². The standard InChI is InChI=1S/C21H23Cl2FN2O2/c1-3-10-25-21(28)14(2)26(13-16-6-9-18(22)19(23)11-16)20(27)12-15-4-7-17(24)8-5-15/h4-9,11,14H,3,10,12-13H2,1-2H3,(H,25,28)/t14-/m0/s1. The average Bonchev–Trinajstić information content (AvgIpc) is 2.68. The van der Waals surface area contributed by atoms with Crippen molar-refractivity contribution in [3.8, 4) is 0 Å². The first-order valence-electron chi connectivity index (χ1n) is 9.07. The molecular formula is C21H23Cl2FN2O2. The van der Waals surface area contributed by atoms with Crippen LogP contribution in [-0.2, 0) is 22.6 Å². The molecule has 0 unspecified atom stereocenters. The molecule has 2 rings (SSSR count). The minimum Gasteiger partial charge on any atom is -0.354 e. The van der Waals surface area contributed by atoms with Crippen LogP contribution in [0.4, 0.5) is 4.39 Å². The Bertz CT molecular complexity index is 828. The molecule has 0 aliphatic carbocycles. The Morgan fingerprint density at radius 2 is 1.71 bits per heavy atom. The van der Waals surface area contributed by atoms with Gasteiger partial charge in [0.25, 0.3) is 0 Å². The number of halogens is 3. The van der Waals surface area contributed by atoms with Gasteiger partial charge in [-0.25, -0.2) is 4.39 Å². The van der Waals surface area contributed by atoms with Gasteiger partial charge in [0.05, 0.1) is 16.5 Å². The molecule has 0 spiro atoms. The molecule has 28 heavy (non-hydrogen) atoms. The number of carbonyl (C=O) groups excluding carboxylic acids is 2. The largest absolute Gasteiger partial charge is 0.354 e. The van der Waals surface area contributed by atoms with Crippen LogP contribution < -0.4 is 5.32 Å². The highest BCUT2D eigenvalue weighted by molar-refractivity contribution is 6.42. The fourth-order valence-electron chi connectivity index (χ4n) is 2.69. The van der Waals surface area contributed by atoms with Gasteiger partial charge < -0.3 is 10.2 Å². The summed E-state index contributed by atoms with van der Waals surface area (Å²) in [5, 5.41) is 3.62. The van der Waals surface area contributed by atoms with Crippen molar-refractivity contribution in [1.82, 2.24) is 10.2 Å². The molecular weight excluding hydrogens is 402 g/mol. The molecule has 0 aliphatic rings. The second kappa shape index (κ2) is 10.4. The number of benzene rings is 2. The summed E-state index contributed by atoms with van der Waals surface area (Å²) in [4.78, 5) is 26.9. The van der Waals surface area contributed by atoms with Crippen molar-refractivity contribution in [2.75, 3.05) is 6.54 Å². The molecule has 0 aliphatic heterocycles. The van der Waals surface area contributed by atoms with Gasteiger partial charge in [-0.2, -0.15) is 0 Å². The number of rotatable bonds is 8. The van der Waals surface area contributed by atoms with Gasteiger partial charge in [-0.1, -0.05) is 48.3 Å². The first kappa shape index (κ1) is 22.2. The second-order valence-corrected chi connectivity index (χ2v) is 7.35. The molecule has 0 radical (unpaired) electrons. The van der Waals surface area contributed by atoms with E-state index in [1.54, 1.807) is 37.3 Å². The molecule has 7 heteroatoms. The second-order valence-electron chi connectivity index (χ2n) is 6.54. The molecule has 0 heterocycles. The van der Waals surface area contributed by atoms with Crippen LogP contribution in [0.5, 0.6) is 0 Å². The lowest BCUT2D eigenvalue weighted by Crippen LogP contribution is -2.48. The minimum absolute atomic E-state index is 0.0625.